The number of ether oxygens (including phenoxy) is 2. The van der Waals surface area contributed by atoms with Crippen LogP contribution in [0, 0.1) is 13.8 Å². The molecule has 0 aliphatic carbocycles. The number of carbonyl (C=O) groups is 2. The molecule has 1 fully saturated rings. The molecule has 1 amide bonds. The smallest absolute Gasteiger partial charge is 0.253 e. The van der Waals surface area contributed by atoms with Crippen molar-refractivity contribution in [2.24, 2.45) is 0 Å². The van der Waals surface area contributed by atoms with Gasteiger partial charge in [0.2, 0.25) is 0 Å². The van der Waals surface area contributed by atoms with E-state index in [4.69, 9.17) is 9.47 Å². The summed E-state index contributed by atoms with van der Waals surface area (Å²) in [6.45, 7) is 8.13. The number of rotatable bonds is 7. The molecular formula is C28H35NO4. The fourth-order valence-electron chi connectivity index (χ4n) is 4.74. The van der Waals surface area contributed by atoms with Crippen LogP contribution in [0.25, 0.3) is 0 Å². The van der Waals surface area contributed by atoms with Crippen molar-refractivity contribution >= 4 is 11.7 Å². The Balaban J connectivity index is 1.33. The molecule has 1 spiro atoms. The summed E-state index contributed by atoms with van der Waals surface area (Å²) in [5, 5.41) is 0. The number of hydrogen-bond acceptors (Lipinski definition) is 4. The fourth-order valence-corrected chi connectivity index (χ4v) is 4.74. The van der Waals surface area contributed by atoms with Crippen LogP contribution in [-0.2, 0) is 0 Å². The van der Waals surface area contributed by atoms with E-state index in [9.17, 15) is 9.59 Å². The highest BCUT2D eigenvalue weighted by Crippen LogP contribution is 2.40. The first kappa shape index (κ1) is 23.3. The molecular weight excluding hydrogens is 414 g/mol. The van der Waals surface area contributed by atoms with Gasteiger partial charge in [-0.1, -0.05) is 26.2 Å². The van der Waals surface area contributed by atoms with Crippen LogP contribution in [0.15, 0.2) is 36.4 Å². The minimum Gasteiger partial charge on any atom is -0.494 e. The van der Waals surface area contributed by atoms with Crippen molar-refractivity contribution in [1.82, 2.24) is 4.90 Å². The molecule has 0 unspecified atom stereocenters. The second kappa shape index (κ2) is 9.98. The molecule has 0 radical (unpaired) electrons. The largest absolute Gasteiger partial charge is 0.494 e. The molecule has 2 aromatic rings. The van der Waals surface area contributed by atoms with E-state index in [1.54, 1.807) is 0 Å². The van der Waals surface area contributed by atoms with Gasteiger partial charge in [-0.15, -0.1) is 0 Å². The molecule has 176 valence electrons. The van der Waals surface area contributed by atoms with Crippen LogP contribution < -0.4 is 9.47 Å². The van der Waals surface area contributed by atoms with Crippen molar-refractivity contribution in [3.8, 4) is 11.5 Å². The number of ketones is 1. The minimum atomic E-state index is -0.502. The maximum atomic E-state index is 13.0. The Morgan fingerprint density at radius 3 is 2.42 bits per heavy atom. The van der Waals surface area contributed by atoms with Crippen molar-refractivity contribution in [3.05, 3.63) is 58.7 Å². The molecule has 0 saturated carbocycles. The zero-order valence-corrected chi connectivity index (χ0v) is 20.1. The van der Waals surface area contributed by atoms with Gasteiger partial charge >= 0.3 is 0 Å². The van der Waals surface area contributed by atoms with Gasteiger partial charge in [0.05, 0.1) is 18.6 Å². The first-order valence-corrected chi connectivity index (χ1v) is 12.3. The number of amides is 1. The molecule has 0 bridgehead atoms. The molecule has 0 atom stereocenters. The van der Waals surface area contributed by atoms with Crippen molar-refractivity contribution in [3.63, 3.8) is 0 Å². The van der Waals surface area contributed by atoms with Gasteiger partial charge in [0, 0.05) is 31.5 Å². The van der Waals surface area contributed by atoms with Gasteiger partial charge in [-0.3, -0.25) is 9.59 Å². The van der Waals surface area contributed by atoms with E-state index in [0.29, 0.717) is 55.8 Å². The predicted octanol–water partition coefficient (Wildman–Crippen LogP) is 5.90. The molecule has 2 aliphatic rings. The zero-order chi connectivity index (χ0) is 23.4. The topological polar surface area (TPSA) is 55.8 Å². The van der Waals surface area contributed by atoms with Crippen LogP contribution in [0.2, 0.25) is 0 Å². The lowest BCUT2D eigenvalue weighted by molar-refractivity contribution is -0.00575. The highest BCUT2D eigenvalue weighted by Gasteiger charge is 2.43. The molecule has 2 aliphatic heterocycles. The molecule has 1 saturated heterocycles. The maximum absolute atomic E-state index is 13.0. The molecule has 2 aromatic carbocycles. The number of unbranched alkanes of at least 4 members (excludes halogenated alkanes) is 3. The standard InChI is InChI=1S/C28H35NO4/c1-4-5-6-7-16-32-23-10-8-22(9-11-23)27(31)29-14-12-28(13-15-29)19-25(30)24-17-20(2)21(3)18-26(24)33-28/h8-11,17-18H,4-7,12-16,19H2,1-3H3. The Morgan fingerprint density at radius 2 is 1.73 bits per heavy atom. The number of nitrogens with zero attached hydrogens (tertiary/aromatic N) is 1. The van der Waals surface area contributed by atoms with Crippen LogP contribution in [-0.4, -0.2) is 41.9 Å². The van der Waals surface area contributed by atoms with E-state index in [2.05, 4.69) is 6.92 Å². The van der Waals surface area contributed by atoms with E-state index in [1.165, 1.54) is 19.3 Å². The highest BCUT2D eigenvalue weighted by atomic mass is 16.5. The number of carbonyl (C=O) groups excluding carboxylic acids is 2. The number of aryl methyl sites for hydroxylation is 2. The van der Waals surface area contributed by atoms with E-state index >= 15 is 0 Å². The summed E-state index contributed by atoms with van der Waals surface area (Å²) in [6, 6.07) is 11.4. The molecule has 33 heavy (non-hydrogen) atoms. The SMILES string of the molecule is CCCCCCOc1ccc(C(=O)N2CCC3(CC2)CC(=O)c2cc(C)c(C)cc2O3)cc1. The Labute approximate surface area is 197 Å². The first-order valence-electron chi connectivity index (χ1n) is 12.3. The fraction of sp³-hybridized carbons (Fsp3) is 0.500. The van der Waals surface area contributed by atoms with Crippen LogP contribution >= 0.6 is 0 Å². The number of likely N-dealkylation sites (tertiary alicyclic amines) is 1. The summed E-state index contributed by atoms with van der Waals surface area (Å²) in [5.41, 5.74) is 3.09. The Bertz CT molecular complexity index is 1000. The Kier molecular flexibility index (Phi) is 7.06. The zero-order valence-electron chi connectivity index (χ0n) is 20.1. The third-order valence-electron chi connectivity index (χ3n) is 7.04. The summed E-state index contributed by atoms with van der Waals surface area (Å²) in [5.74, 6) is 1.66. The van der Waals surface area contributed by atoms with Gasteiger partial charge in [-0.25, -0.2) is 0 Å². The maximum Gasteiger partial charge on any atom is 0.253 e. The second-order valence-electron chi connectivity index (χ2n) is 9.54. The quantitative estimate of drug-likeness (QED) is 0.494. The number of piperidine rings is 1. The molecule has 2 heterocycles. The first-order chi connectivity index (χ1) is 15.9. The predicted molar refractivity (Wildman–Crippen MR) is 129 cm³/mol. The normalized spacial score (nSPS) is 16.9. The van der Waals surface area contributed by atoms with E-state index < -0.39 is 5.60 Å². The van der Waals surface area contributed by atoms with Crippen molar-refractivity contribution in [2.45, 2.75) is 71.3 Å². The molecule has 0 aromatic heterocycles. The number of fused-ring (bicyclic) bond motifs is 1. The van der Waals surface area contributed by atoms with Crippen molar-refractivity contribution in [2.75, 3.05) is 19.7 Å². The van der Waals surface area contributed by atoms with Crippen LogP contribution in [0.1, 0.15) is 83.7 Å². The van der Waals surface area contributed by atoms with Crippen LogP contribution in [0.4, 0.5) is 0 Å². The second-order valence-corrected chi connectivity index (χ2v) is 9.54. The molecule has 5 nitrogen and oxygen atoms in total. The monoisotopic (exact) mass is 449 g/mol. The van der Waals surface area contributed by atoms with E-state index in [-0.39, 0.29) is 11.7 Å². The van der Waals surface area contributed by atoms with E-state index in [1.807, 2.05) is 55.1 Å². The van der Waals surface area contributed by atoms with Gasteiger partial charge in [-0.2, -0.15) is 0 Å². The summed E-state index contributed by atoms with van der Waals surface area (Å²) < 4.78 is 12.2. The highest BCUT2D eigenvalue weighted by molar-refractivity contribution is 6.00. The van der Waals surface area contributed by atoms with E-state index in [0.717, 1.165) is 23.3 Å². The van der Waals surface area contributed by atoms with Crippen molar-refractivity contribution < 1.29 is 19.1 Å². The third kappa shape index (κ3) is 5.23. The summed E-state index contributed by atoms with van der Waals surface area (Å²) in [4.78, 5) is 27.8. The molecule has 5 heteroatoms. The lowest BCUT2D eigenvalue weighted by atomic mass is 9.81. The Hall–Kier alpha value is -2.82. The van der Waals surface area contributed by atoms with Gasteiger partial charge in [0.1, 0.15) is 17.1 Å². The van der Waals surface area contributed by atoms with Gasteiger partial charge < -0.3 is 14.4 Å². The summed E-state index contributed by atoms with van der Waals surface area (Å²) in [6.07, 6.45) is 6.39. The summed E-state index contributed by atoms with van der Waals surface area (Å²) in [7, 11) is 0. The Morgan fingerprint density at radius 1 is 1.03 bits per heavy atom. The van der Waals surface area contributed by atoms with Gasteiger partial charge in [0.15, 0.2) is 5.78 Å². The average Bonchev–Trinajstić information content (AvgIpc) is 2.81. The van der Waals surface area contributed by atoms with Gasteiger partial charge in [-0.05, 0) is 67.8 Å². The lowest BCUT2D eigenvalue weighted by Crippen LogP contribution is -2.52. The van der Waals surface area contributed by atoms with Gasteiger partial charge in [0.25, 0.3) is 5.91 Å². The number of Topliss-reactive ketones (excluding diaryl/α,β-unsaturated/α-hetero) is 1. The van der Waals surface area contributed by atoms with Crippen molar-refractivity contribution in [1.29, 1.82) is 0 Å². The third-order valence-corrected chi connectivity index (χ3v) is 7.04. The minimum absolute atomic E-state index is 0.0216. The summed E-state index contributed by atoms with van der Waals surface area (Å²) >= 11 is 0. The van der Waals surface area contributed by atoms with Crippen LogP contribution in [0.5, 0.6) is 11.5 Å². The number of benzene rings is 2. The van der Waals surface area contributed by atoms with Crippen LogP contribution in [0.3, 0.4) is 0 Å². The molecule has 0 N–H and O–H groups in total. The molecule has 4 rings (SSSR count). The number of hydrogen-bond donors (Lipinski definition) is 0. The lowest BCUT2D eigenvalue weighted by Gasteiger charge is -2.44. The average molecular weight is 450 g/mol.